The van der Waals surface area contributed by atoms with Gasteiger partial charge in [-0.1, -0.05) is 54.1 Å². The van der Waals surface area contributed by atoms with Gasteiger partial charge in [0.25, 0.3) is 0 Å². The highest BCUT2D eigenvalue weighted by molar-refractivity contribution is 6.32. The highest BCUT2D eigenvalue weighted by atomic mass is 35.5. The van der Waals surface area contributed by atoms with Crippen molar-refractivity contribution in [3.8, 4) is 5.75 Å². The van der Waals surface area contributed by atoms with Crippen molar-refractivity contribution in [3.05, 3.63) is 83.4 Å². The largest absolute Gasteiger partial charge is 0.495 e. The lowest BCUT2D eigenvalue weighted by atomic mass is 10.2. The molecule has 0 aliphatic heterocycles. The zero-order chi connectivity index (χ0) is 19.3. The summed E-state index contributed by atoms with van der Waals surface area (Å²) in [5.41, 5.74) is 2.83. The van der Waals surface area contributed by atoms with Crippen LogP contribution in [0.15, 0.2) is 72.8 Å². The quantitative estimate of drug-likeness (QED) is 0.445. The van der Waals surface area contributed by atoms with Gasteiger partial charge < -0.3 is 15.4 Å². The molecule has 0 amide bonds. The Bertz CT molecular complexity index is 1100. The fourth-order valence-electron chi connectivity index (χ4n) is 2.92. The summed E-state index contributed by atoms with van der Waals surface area (Å²) in [6.45, 7) is 0.676. The number of rotatable bonds is 6. The average Bonchev–Trinajstić information content (AvgIpc) is 2.73. The molecule has 0 saturated heterocycles. The topological polar surface area (TPSA) is 59.1 Å². The minimum absolute atomic E-state index is 0.496. The number of anilines is 3. The molecule has 1 aromatic heterocycles. The van der Waals surface area contributed by atoms with Crippen LogP contribution in [0.25, 0.3) is 10.9 Å². The smallest absolute Gasteiger partial charge is 0.229 e. The van der Waals surface area contributed by atoms with Gasteiger partial charge in [0.2, 0.25) is 5.95 Å². The molecule has 0 atom stereocenters. The van der Waals surface area contributed by atoms with Crippen molar-refractivity contribution in [2.45, 2.75) is 6.54 Å². The maximum atomic E-state index is 6.22. The molecule has 0 fully saturated rings. The normalized spacial score (nSPS) is 10.6. The molecular weight excluding hydrogens is 372 g/mol. The summed E-state index contributed by atoms with van der Waals surface area (Å²) in [6, 6.07) is 23.6. The summed E-state index contributed by atoms with van der Waals surface area (Å²) >= 11 is 6.22. The molecule has 3 aromatic carbocycles. The van der Waals surface area contributed by atoms with Crippen LogP contribution >= 0.6 is 11.6 Å². The molecule has 0 bridgehead atoms. The molecule has 0 spiro atoms. The highest BCUT2D eigenvalue weighted by Gasteiger charge is 2.09. The van der Waals surface area contributed by atoms with Gasteiger partial charge in [-0.05, 0) is 35.9 Å². The lowest BCUT2D eigenvalue weighted by molar-refractivity contribution is 0.415. The number of methoxy groups -OCH3 is 1. The van der Waals surface area contributed by atoms with E-state index < -0.39 is 0 Å². The molecule has 140 valence electrons. The molecule has 0 unspecified atom stereocenters. The number of halogens is 1. The third-order valence-electron chi connectivity index (χ3n) is 4.31. The Morgan fingerprint density at radius 3 is 2.50 bits per heavy atom. The van der Waals surface area contributed by atoms with E-state index in [-0.39, 0.29) is 0 Å². The number of nitrogens with one attached hydrogen (secondary N) is 2. The fourth-order valence-corrected chi connectivity index (χ4v) is 3.18. The van der Waals surface area contributed by atoms with Gasteiger partial charge in [0, 0.05) is 17.6 Å². The molecule has 2 N–H and O–H groups in total. The Hall–Kier alpha value is -3.31. The van der Waals surface area contributed by atoms with E-state index in [9.17, 15) is 0 Å². The van der Waals surface area contributed by atoms with Crippen molar-refractivity contribution in [2.75, 3.05) is 17.7 Å². The van der Waals surface area contributed by atoms with E-state index in [1.807, 2.05) is 48.5 Å². The lowest BCUT2D eigenvalue weighted by Crippen LogP contribution is -2.05. The van der Waals surface area contributed by atoms with Gasteiger partial charge in [-0.25, -0.2) is 4.98 Å². The van der Waals surface area contributed by atoms with Crippen molar-refractivity contribution in [1.29, 1.82) is 0 Å². The van der Waals surface area contributed by atoms with Crippen molar-refractivity contribution in [1.82, 2.24) is 9.97 Å². The molecule has 28 heavy (non-hydrogen) atoms. The van der Waals surface area contributed by atoms with Gasteiger partial charge in [0.1, 0.15) is 11.6 Å². The summed E-state index contributed by atoms with van der Waals surface area (Å²) in [4.78, 5) is 9.30. The van der Waals surface area contributed by atoms with Gasteiger partial charge >= 0.3 is 0 Å². The van der Waals surface area contributed by atoms with E-state index in [4.69, 9.17) is 16.3 Å². The van der Waals surface area contributed by atoms with Crippen LogP contribution in [0.4, 0.5) is 17.5 Å². The first-order valence-electron chi connectivity index (χ1n) is 8.88. The Balaban J connectivity index is 1.64. The van der Waals surface area contributed by atoms with Crippen LogP contribution in [-0.2, 0) is 6.54 Å². The first kappa shape index (κ1) is 18.1. The first-order chi connectivity index (χ1) is 13.7. The summed E-state index contributed by atoms with van der Waals surface area (Å²) in [5, 5.41) is 8.14. The molecule has 0 saturated carbocycles. The van der Waals surface area contributed by atoms with E-state index in [1.165, 1.54) is 5.56 Å². The van der Waals surface area contributed by atoms with E-state index in [0.29, 0.717) is 23.3 Å². The van der Waals surface area contributed by atoms with E-state index in [0.717, 1.165) is 22.4 Å². The first-order valence-corrected chi connectivity index (χ1v) is 9.26. The van der Waals surface area contributed by atoms with Crippen LogP contribution in [0.1, 0.15) is 5.56 Å². The van der Waals surface area contributed by atoms with Crippen LogP contribution in [-0.4, -0.2) is 17.1 Å². The van der Waals surface area contributed by atoms with Crippen molar-refractivity contribution >= 4 is 40.0 Å². The van der Waals surface area contributed by atoms with Crippen LogP contribution < -0.4 is 15.4 Å². The second kappa shape index (κ2) is 8.15. The summed E-state index contributed by atoms with van der Waals surface area (Å²) < 4.78 is 5.20. The van der Waals surface area contributed by atoms with E-state index >= 15 is 0 Å². The van der Waals surface area contributed by atoms with Crippen molar-refractivity contribution in [3.63, 3.8) is 0 Å². The maximum Gasteiger partial charge on any atom is 0.229 e. The Labute approximate surface area is 168 Å². The molecule has 6 heteroatoms. The molecule has 0 aliphatic carbocycles. The molecule has 5 nitrogen and oxygen atoms in total. The fraction of sp³-hybridized carbons (Fsp3) is 0.0909. The number of ether oxygens (including phenoxy) is 1. The second-order valence-corrected chi connectivity index (χ2v) is 6.63. The number of benzene rings is 3. The predicted octanol–water partition coefficient (Wildman–Crippen LogP) is 5.65. The summed E-state index contributed by atoms with van der Waals surface area (Å²) in [6.07, 6.45) is 0. The number of hydrogen-bond acceptors (Lipinski definition) is 5. The Morgan fingerprint density at radius 2 is 1.71 bits per heavy atom. The van der Waals surface area contributed by atoms with Gasteiger partial charge in [-0.3, -0.25) is 0 Å². The van der Waals surface area contributed by atoms with Crippen molar-refractivity contribution < 1.29 is 4.74 Å². The van der Waals surface area contributed by atoms with Crippen LogP contribution in [0, 0.1) is 0 Å². The summed E-state index contributed by atoms with van der Waals surface area (Å²) in [5.74, 6) is 1.89. The number of nitrogens with zero attached hydrogens (tertiary/aromatic N) is 2. The maximum absolute atomic E-state index is 6.22. The lowest BCUT2D eigenvalue weighted by Gasteiger charge is -2.12. The molecule has 0 radical (unpaired) electrons. The van der Waals surface area contributed by atoms with Gasteiger partial charge in [-0.15, -0.1) is 0 Å². The van der Waals surface area contributed by atoms with Gasteiger partial charge in [-0.2, -0.15) is 4.98 Å². The Morgan fingerprint density at radius 1 is 0.929 bits per heavy atom. The van der Waals surface area contributed by atoms with E-state index in [2.05, 4.69) is 32.7 Å². The van der Waals surface area contributed by atoms with Gasteiger partial charge in [0.15, 0.2) is 0 Å². The predicted molar refractivity (Wildman–Crippen MR) is 115 cm³/mol. The summed E-state index contributed by atoms with van der Waals surface area (Å²) in [7, 11) is 1.59. The molecule has 0 aliphatic rings. The molecule has 4 rings (SSSR count). The standard InChI is InChI=1S/C22H19ClN4O/c1-28-20-12-11-16(13-18(20)23)25-22-26-19-10-6-5-9-17(19)21(27-22)24-14-15-7-3-2-4-8-15/h2-13H,14H2,1H3,(H2,24,25,26,27). The third kappa shape index (κ3) is 4.00. The minimum Gasteiger partial charge on any atom is -0.495 e. The third-order valence-corrected chi connectivity index (χ3v) is 4.61. The minimum atomic E-state index is 0.496. The highest BCUT2D eigenvalue weighted by Crippen LogP contribution is 2.29. The van der Waals surface area contributed by atoms with Crippen LogP contribution in [0.2, 0.25) is 5.02 Å². The monoisotopic (exact) mass is 390 g/mol. The van der Waals surface area contributed by atoms with E-state index in [1.54, 1.807) is 19.2 Å². The number of para-hydroxylation sites is 1. The molecular formula is C22H19ClN4O. The zero-order valence-electron chi connectivity index (χ0n) is 15.3. The second-order valence-electron chi connectivity index (χ2n) is 6.23. The average molecular weight is 391 g/mol. The zero-order valence-corrected chi connectivity index (χ0v) is 16.1. The van der Waals surface area contributed by atoms with Crippen LogP contribution in [0.5, 0.6) is 5.75 Å². The molecule has 1 heterocycles. The van der Waals surface area contributed by atoms with Crippen LogP contribution in [0.3, 0.4) is 0 Å². The SMILES string of the molecule is COc1ccc(Nc2nc(NCc3ccccc3)c3ccccc3n2)cc1Cl. The van der Waals surface area contributed by atoms with Gasteiger partial charge in [0.05, 0.1) is 17.6 Å². The number of aromatic nitrogens is 2. The molecule has 4 aromatic rings. The number of fused-ring (bicyclic) bond motifs is 1. The number of hydrogen-bond donors (Lipinski definition) is 2. The van der Waals surface area contributed by atoms with Crippen molar-refractivity contribution in [2.24, 2.45) is 0 Å². The Kier molecular flexibility index (Phi) is 5.26.